The van der Waals surface area contributed by atoms with Crippen molar-refractivity contribution in [1.82, 2.24) is 0 Å². The Morgan fingerprint density at radius 3 is 2.92 bits per heavy atom. The average Bonchev–Trinajstić information content (AvgIpc) is 2.19. The normalized spacial score (nSPS) is 24.3. The molecule has 1 N–H and O–H groups in total. The number of hydrogen-bond acceptors (Lipinski definition) is 3. The molecule has 13 heavy (non-hydrogen) atoms. The zero-order valence-electron chi connectivity index (χ0n) is 6.93. The fraction of sp³-hybridized carbons (Fsp3) is 0.222. The van der Waals surface area contributed by atoms with E-state index in [9.17, 15) is 4.21 Å². The van der Waals surface area contributed by atoms with Gasteiger partial charge in [0.25, 0.3) is 0 Å². The van der Waals surface area contributed by atoms with Gasteiger partial charge in [0.05, 0.1) is 16.5 Å². The van der Waals surface area contributed by atoms with Gasteiger partial charge in [-0.05, 0) is 6.07 Å². The van der Waals surface area contributed by atoms with Gasteiger partial charge < -0.3 is 5.21 Å². The molecule has 0 saturated heterocycles. The summed E-state index contributed by atoms with van der Waals surface area (Å²) in [6.45, 7) is 0. The van der Waals surface area contributed by atoms with Crippen LogP contribution in [0.2, 0.25) is 0 Å². The predicted octanol–water partition coefficient (Wildman–Crippen LogP) is 1.38. The second kappa shape index (κ2) is 3.30. The van der Waals surface area contributed by atoms with Crippen molar-refractivity contribution < 1.29 is 9.42 Å². The summed E-state index contributed by atoms with van der Waals surface area (Å²) in [7, 11) is -0.929. The van der Waals surface area contributed by atoms with Crippen molar-refractivity contribution in [3.8, 4) is 0 Å². The second-order valence-corrected chi connectivity index (χ2v) is 4.38. The lowest BCUT2D eigenvalue weighted by Gasteiger charge is -2.15. The fourth-order valence-electron chi connectivity index (χ4n) is 1.44. The van der Waals surface area contributed by atoms with E-state index >= 15 is 0 Å². The highest BCUT2D eigenvalue weighted by Gasteiger charge is 2.20. The number of hydrogen-bond donors (Lipinski definition) is 1. The van der Waals surface area contributed by atoms with Gasteiger partial charge in [0, 0.05) is 22.6 Å². The summed E-state index contributed by atoms with van der Waals surface area (Å²) in [6.07, 6.45) is 0.583. The quantitative estimate of drug-likeness (QED) is 0.502. The number of nitrogens with zero attached hydrogens (tertiary/aromatic N) is 1. The van der Waals surface area contributed by atoms with Gasteiger partial charge in [-0.25, -0.2) is 0 Å². The first-order valence-corrected chi connectivity index (χ1v) is 5.33. The van der Waals surface area contributed by atoms with Crippen molar-refractivity contribution in [3.05, 3.63) is 29.8 Å². The van der Waals surface area contributed by atoms with Crippen LogP contribution in [-0.4, -0.2) is 20.9 Å². The van der Waals surface area contributed by atoms with Crippen molar-refractivity contribution in [2.45, 2.75) is 11.3 Å². The van der Waals surface area contributed by atoms with Crippen LogP contribution in [0.3, 0.4) is 0 Å². The minimum atomic E-state index is -0.929. The lowest BCUT2D eigenvalue weighted by Crippen LogP contribution is -2.17. The van der Waals surface area contributed by atoms with Gasteiger partial charge in [-0.15, -0.1) is 0 Å². The largest absolute Gasteiger partial charge is 0.411 e. The lowest BCUT2D eigenvalue weighted by atomic mass is 10.1. The molecule has 0 amide bonds. The molecule has 1 aromatic carbocycles. The van der Waals surface area contributed by atoms with Crippen molar-refractivity contribution >= 4 is 16.5 Å². The molecule has 1 aliphatic rings. The molecule has 1 aromatic rings. The Bertz CT molecular complexity index is 387. The van der Waals surface area contributed by atoms with Crippen LogP contribution in [-0.2, 0) is 10.8 Å². The smallest absolute Gasteiger partial charge is 0.0889 e. The molecule has 1 heterocycles. The first kappa shape index (κ1) is 8.44. The minimum Gasteiger partial charge on any atom is -0.411 e. The third-order valence-corrected chi connectivity index (χ3v) is 3.51. The number of benzene rings is 1. The molecule has 1 aliphatic heterocycles. The van der Waals surface area contributed by atoms with E-state index in [4.69, 9.17) is 5.21 Å². The van der Waals surface area contributed by atoms with E-state index in [1.807, 2.05) is 24.3 Å². The molecule has 0 aliphatic carbocycles. The fourth-order valence-corrected chi connectivity index (χ4v) is 2.70. The highest BCUT2D eigenvalue weighted by molar-refractivity contribution is 7.85. The van der Waals surface area contributed by atoms with Crippen LogP contribution in [0.5, 0.6) is 0 Å². The van der Waals surface area contributed by atoms with Crippen LogP contribution in [0, 0.1) is 0 Å². The molecule has 0 unspecified atom stereocenters. The van der Waals surface area contributed by atoms with Crippen LogP contribution in [0.25, 0.3) is 0 Å². The highest BCUT2D eigenvalue weighted by atomic mass is 32.2. The van der Waals surface area contributed by atoms with Crippen molar-refractivity contribution in [2.75, 3.05) is 5.75 Å². The van der Waals surface area contributed by atoms with E-state index in [0.29, 0.717) is 17.9 Å². The highest BCUT2D eigenvalue weighted by Crippen LogP contribution is 2.21. The molecule has 1 atom stereocenters. The minimum absolute atomic E-state index is 0.552. The maximum absolute atomic E-state index is 11.5. The summed E-state index contributed by atoms with van der Waals surface area (Å²) < 4.78 is 11.5. The number of oxime groups is 1. The molecule has 2 rings (SSSR count). The summed E-state index contributed by atoms with van der Waals surface area (Å²) in [5, 5.41) is 11.9. The zero-order valence-corrected chi connectivity index (χ0v) is 7.75. The number of fused-ring (bicyclic) bond motifs is 1. The average molecular weight is 195 g/mol. The maximum atomic E-state index is 11.5. The van der Waals surface area contributed by atoms with Crippen molar-refractivity contribution in [3.63, 3.8) is 0 Å². The summed E-state index contributed by atoms with van der Waals surface area (Å²) in [4.78, 5) is 0.779. The summed E-state index contributed by atoms with van der Waals surface area (Å²) in [5.41, 5.74) is 1.45. The van der Waals surface area contributed by atoms with E-state index in [0.717, 1.165) is 10.5 Å². The zero-order chi connectivity index (χ0) is 9.26. The van der Waals surface area contributed by atoms with E-state index in [1.54, 1.807) is 0 Å². The van der Waals surface area contributed by atoms with E-state index < -0.39 is 10.8 Å². The van der Waals surface area contributed by atoms with Crippen LogP contribution >= 0.6 is 0 Å². The van der Waals surface area contributed by atoms with Gasteiger partial charge in [0.2, 0.25) is 0 Å². The third-order valence-electron chi connectivity index (χ3n) is 2.09. The first-order chi connectivity index (χ1) is 6.33. The second-order valence-electron chi connectivity index (χ2n) is 2.84. The topological polar surface area (TPSA) is 49.7 Å². The molecule has 0 saturated carbocycles. The SMILES string of the molecule is O=[S@@]1CCC(=NO)c2ccccc21. The molecular formula is C9H9NO2S. The first-order valence-electron chi connectivity index (χ1n) is 4.01. The molecule has 4 heteroatoms. The van der Waals surface area contributed by atoms with E-state index in [-0.39, 0.29) is 0 Å². The molecule has 3 nitrogen and oxygen atoms in total. The van der Waals surface area contributed by atoms with Crippen LogP contribution < -0.4 is 0 Å². The lowest BCUT2D eigenvalue weighted by molar-refractivity contribution is 0.318. The number of rotatable bonds is 0. The van der Waals surface area contributed by atoms with Crippen LogP contribution in [0.4, 0.5) is 0 Å². The molecule has 0 radical (unpaired) electrons. The molecule has 0 bridgehead atoms. The predicted molar refractivity (Wildman–Crippen MR) is 50.7 cm³/mol. The monoisotopic (exact) mass is 195 g/mol. The maximum Gasteiger partial charge on any atom is 0.0889 e. The van der Waals surface area contributed by atoms with Crippen molar-refractivity contribution in [1.29, 1.82) is 0 Å². The molecule has 0 aromatic heterocycles. The van der Waals surface area contributed by atoms with Gasteiger partial charge in [0.1, 0.15) is 0 Å². The van der Waals surface area contributed by atoms with E-state index in [1.165, 1.54) is 0 Å². The van der Waals surface area contributed by atoms with Crippen LogP contribution in [0.15, 0.2) is 34.3 Å². The van der Waals surface area contributed by atoms with Crippen molar-refractivity contribution in [2.24, 2.45) is 5.16 Å². The Kier molecular flexibility index (Phi) is 2.14. The third kappa shape index (κ3) is 1.37. The Morgan fingerprint density at radius 1 is 1.38 bits per heavy atom. The Morgan fingerprint density at radius 2 is 2.15 bits per heavy atom. The van der Waals surface area contributed by atoms with E-state index in [2.05, 4.69) is 5.16 Å². The Hall–Kier alpha value is -1.16. The van der Waals surface area contributed by atoms with Gasteiger partial charge in [-0.1, -0.05) is 23.4 Å². The van der Waals surface area contributed by atoms with Gasteiger partial charge in [-0.3, -0.25) is 4.21 Å². The Balaban J connectivity index is 2.61. The molecule has 0 spiro atoms. The standard InChI is InChI=1S/C9H9NO2S/c11-10-8-5-6-13(12)9-4-2-1-3-7(8)9/h1-4,11H,5-6H2/t13-/m1/s1. The van der Waals surface area contributed by atoms with Gasteiger partial charge >= 0.3 is 0 Å². The molecular weight excluding hydrogens is 186 g/mol. The Labute approximate surface area is 78.5 Å². The molecule has 68 valence electrons. The molecule has 0 fully saturated rings. The summed E-state index contributed by atoms with van der Waals surface area (Å²) in [5.74, 6) is 0.552. The summed E-state index contributed by atoms with van der Waals surface area (Å²) in [6, 6.07) is 7.35. The van der Waals surface area contributed by atoms with Crippen LogP contribution in [0.1, 0.15) is 12.0 Å². The van der Waals surface area contributed by atoms with Gasteiger partial charge in [0.15, 0.2) is 0 Å². The summed E-state index contributed by atoms with van der Waals surface area (Å²) >= 11 is 0. The van der Waals surface area contributed by atoms with Gasteiger partial charge in [-0.2, -0.15) is 0 Å².